The number of aliphatic carboxylic acids is 1. The van der Waals surface area contributed by atoms with Crippen molar-refractivity contribution in [1.82, 2.24) is 10.0 Å². The van der Waals surface area contributed by atoms with E-state index in [2.05, 4.69) is 5.43 Å². The Morgan fingerprint density at radius 1 is 1.30 bits per heavy atom. The van der Waals surface area contributed by atoms with E-state index in [-0.39, 0.29) is 17.2 Å². The summed E-state index contributed by atoms with van der Waals surface area (Å²) in [7, 11) is 0. The zero-order chi connectivity index (χ0) is 16.6. The van der Waals surface area contributed by atoms with Gasteiger partial charge in [0, 0.05) is 24.0 Å². The molecule has 6 heteroatoms. The van der Waals surface area contributed by atoms with Gasteiger partial charge in [-0.25, -0.2) is 0 Å². The maximum Gasteiger partial charge on any atom is 0.539 e. The molecule has 1 heterocycles. The number of rotatable bonds is 4. The van der Waals surface area contributed by atoms with Crippen LogP contribution >= 0.6 is 0 Å². The SMILES string of the molecule is CC(CN[N+]1(C(=O)O)c2ccccc2C[C@H]2CCC[C@H]21)C(=O)O. The molecule has 6 nitrogen and oxygen atoms in total. The lowest BCUT2D eigenvalue weighted by Crippen LogP contribution is -2.71. The van der Waals surface area contributed by atoms with E-state index in [0.29, 0.717) is 5.92 Å². The molecule has 2 unspecified atom stereocenters. The maximum atomic E-state index is 12.3. The first kappa shape index (κ1) is 16.0. The number of quaternary nitrogens is 1. The molecular weight excluding hydrogens is 296 g/mol. The number of hydrogen-bond acceptors (Lipinski definition) is 3. The van der Waals surface area contributed by atoms with Crippen LogP contribution in [0.25, 0.3) is 0 Å². The molecule has 3 N–H and O–H groups in total. The Bertz CT molecular complexity index is 633. The number of nitrogens with one attached hydrogen (secondary N) is 1. The Hall–Kier alpha value is -1.92. The van der Waals surface area contributed by atoms with E-state index in [0.717, 1.165) is 36.9 Å². The van der Waals surface area contributed by atoms with Crippen LogP contribution in [0.2, 0.25) is 0 Å². The molecule has 4 atom stereocenters. The van der Waals surface area contributed by atoms with E-state index in [4.69, 9.17) is 5.11 Å². The van der Waals surface area contributed by atoms with Crippen LogP contribution in [0.1, 0.15) is 31.7 Å². The highest BCUT2D eigenvalue weighted by Crippen LogP contribution is 2.45. The Kier molecular flexibility index (Phi) is 4.12. The van der Waals surface area contributed by atoms with Crippen LogP contribution in [0.3, 0.4) is 0 Å². The highest BCUT2D eigenvalue weighted by atomic mass is 16.4. The number of carbonyl (C=O) groups is 2. The molecule has 0 spiro atoms. The summed E-state index contributed by atoms with van der Waals surface area (Å²) in [4.78, 5) is 23.5. The summed E-state index contributed by atoms with van der Waals surface area (Å²) in [5.41, 5.74) is 4.90. The molecule has 124 valence electrons. The third-order valence-electron chi connectivity index (χ3n) is 5.34. The van der Waals surface area contributed by atoms with E-state index >= 15 is 0 Å². The van der Waals surface area contributed by atoms with Crippen molar-refractivity contribution in [2.24, 2.45) is 11.8 Å². The number of amides is 1. The van der Waals surface area contributed by atoms with Crippen molar-refractivity contribution in [3.63, 3.8) is 0 Å². The minimum atomic E-state index is -0.952. The van der Waals surface area contributed by atoms with Crippen molar-refractivity contribution in [2.45, 2.75) is 38.6 Å². The van der Waals surface area contributed by atoms with Crippen LogP contribution in [0.4, 0.5) is 10.5 Å². The molecule has 0 bridgehead atoms. The number of carboxylic acids is 1. The molecule has 1 aliphatic carbocycles. The van der Waals surface area contributed by atoms with Gasteiger partial charge < -0.3 is 10.2 Å². The van der Waals surface area contributed by atoms with Crippen LogP contribution in [-0.2, 0) is 11.2 Å². The first-order valence-electron chi connectivity index (χ1n) is 8.15. The van der Waals surface area contributed by atoms with Crippen molar-refractivity contribution in [1.29, 1.82) is 0 Å². The van der Waals surface area contributed by atoms with Crippen molar-refractivity contribution in [3.05, 3.63) is 29.8 Å². The lowest BCUT2D eigenvalue weighted by Gasteiger charge is -2.44. The fraction of sp³-hybridized carbons (Fsp3) is 0.529. The molecule has 1 aromatic carbocycles. The van der Waals surface area contributed by atoms with Gasteiger partial charge in [-0.15, -0.1) is 4.59 Å². The quantitative estimate of drug-likeness (QED) is 0.743. The summed E-state index contributed by atoms with van der Waals surface area (Å²) < 4.78 is -0.335. The van der Waals surface area contributed by atoms with Crippen molar-refractivity contribution < 1.29 is 19.8 Å². The van der Waals surface area contributed by atoms with Gasteiger partial charge in [0.25, 0.3) is 0 Å². The molecule has 0 aromatic heterocycles. The monoisotopic (exact) mass is 319 g/mol. The highest BCUT2D eigenvalue weighted by Gasteiger charge is 2.56. The van der Waals surface area contributed by atoms with Gasteiger partial charge in [-0.3, -0.25) is 4.79 Å². The minimum Gasteiger partial charge on any atom is -0.481 e. The fourth-order valence-corrected chi connectivity index (χ4v) is 4.14. The summed E-state index contributed by atoms with van der Waals surface area (Å²) in [5.74, 6) is -1.23. The topological polar surface area (TPSA) is 86.6 Å². The van der Waals surface area contributed by atoms with Gasteiger partial charge in [0.2, 0.25) is 0 Å². The average molecular weight is 319 g/mol. The van der Waals surface area contributed by atoms with Crippen LogP contribution in [0.5, 0.6) is 0 Å². The summed E-state index contributed by atoms with van der Waals surface area (Å²) in [6.45, 7) is 1.72. The van der Waals surface area contributed by atoms with Gasteiger partial charge in [-0.1, -0.05) is 25.1 Å². The normalized spacial score (nSPS) is 30.3. The summed E-state index contributed by atoms with van der Waals surface area (Å²) in [6, 6.07) is 7.60. The Balaban J connectivity index is 2.04. The van der Waals surface area contributed by atoms with E-state index < -0.39 is 18.0 Å². The van der Waals surface area contributed by atoms with Crippen molar-refractivity contribution in [2.75, 3.05) is 6.54 Å². The highest BCUT2D eigenvalue weighted by molar-refractivity contribution is 5.83. The second kappa shape index (κ2) is 5.94. The third kappa shape index (κ3) is 2.52. The number of hydrogen-bond donors (Lipinski definition) is 3. The lowest BCUT2D eigenvalue weighted by molar-refractivity contribution is -0.141. The van der Waals surface area contributed by atoms with Gasteiger partial charge in [-0.05, 0) is 19.3 Å². The summed E-state index contributed by atoms with van der Waals surface area (Å²) in [5, 5.41) is 19.2. The van der Waals surface area contributed by atoms with Crippen LogP contribution in [0, 0.1) is 11.8 Å². The Labute approximate surface area is 135 Å². The van der Waals surface area contributed by atoms with Crippen molar-refractivity contribution in [3.8, 4) is 0 Å². The molecule has 23 heavy (non-hydrogen) atoms. The van der Waals surface area contributed by atoms with Gasteiger partial charge in [0.1, 0.15) is 6.04 Å². The maximum absolute atomic E-state index is 12.3. The van der Waals surface area contributed by atoms with Crippen LogP contribution in [-0.4, -0.2) is 34.9 Å². The molecule has 0 saturated heterocycles. The van der Waals surface area contributed by atoms with E-state index in [9.17, 15) is 14.7 Å². The number of benzene rings is 1. The molecule has 1 fully saturated rings. The van der Waals surface area contributed by atoms with Gasteiger partial charge >= 0.3 is 12.1 Å². The van der Waals surface area contributed by atoms with Crippen LogP contribution < -0.4 is 10.0 Å². The van der Waals surface area contributed by atoms with Gasteiger partial charge in [-0.2, -0.15) is 10.2 Å². The summed E-state index contributed by atoms with van der Waals surface area (Å²) in [6.07, 6.45) is 2.85. The molecule has 0 radical (unpaired) electrons. The predicted molar refractivity (Wildman–Crippen MR) is 85.9 cm³/mol. The first-order valence-corrected chi connectivity index (χ1v) is 8.15. The number of carboxylic acid groups (broad SMARTS) is 2. The molecule has 3 rings (SSSR count). The van der Waals surface area contributed by atoms with Gasteiger partial charge in [0.15, 0.2) is 5.69 Å². The fourth-order valence-electron chi connectivity index (χ4n) is 4.14. The van der Waals surface area contributed by atoms with E-state index in [1.165, 1.54) is 0 Å². The second-order valence-electron chi connectivity index (χ2n) is 6.70. The Morgan fingerprint density at radius 3 is 2.74 bits per heavy atom. The molecule has 1 amide bonds. The predicted octanol–water partition coefficient (Wildman–Crippen LogP) is 2.62. The summed E-state index contributed by atoms with van der Waals surface area (Å²) >= 11 is 0. The average Bonchev–Trinajstić information content (AvgIpc) is 2.99. The Morgan fingerprint density at radius 2 is 2.04 bits per heavy atom. The van der Waals surface area contributed by atoms with E-state index in [1.54, 1.807) is 6.92 Å². The van der Waals surface area contributed by atoms with Crippen molar-refractivity contribution >= 4 is 17.7 Å². The number of fused-ring (bicyclic) bond motifs is 2. The standard InChI is InChI=1S/C17H22N2O4/c1-11(16(20)21)10-18-19(17(22)23)14-7-3-2-5-12(14)9-13-6-4-8-15(13)19/h2-3,5,7,11,13,15,18H,4,6,8-10H2,1H3,(H-,20,21,22,23)/p+1/t11?,13-,15-,19?/m1/s1. The largest absolute Gasteiger partial charge is 0.539 e. The zero-order valence-corrected chi connectivity index (χ0v) is 13.2. The molecule has 1 aromatic rings. The minimum absolute atomic E-state index is 0.0385. The number of para-hydroxylation sites is 1. The molecule has 2 aliphatic rings. The smallest absolute Gasteiger partial charge is 0.481 e. The van der Waals surface area contributed by atoms with Crippen LogP contribution in [0.15, 0.2) is 24.3 Å². The third-order valence-corrected chi connectivity index (χ3v) is 5.34. The number of nitrogens with zero attached hydrogens (tertiary/aromatic N) is 1. The zero-order valence-electron chi connectivity index (χ0n) is 13.2. The molecule has 1 saturated carbocycles. The first-order chi connectivity index (χ1) is 11.0. The molecular formula is C17H23N2O4+. The molecule has 1 aliphatic heterocycles. The lowest BCUT2D eigenvalue weighted by atomic mass is 9.87. The second-order valence-corrected chi connectivity index (χ2v) is 6.70. The van der Waals surface area contributed by atoms with Gasteiger partial charge in [0.05, 0.1) is 12.5 Å². The van der Waals surface area contributed by atoms with E-state index in [1.807, 2.05) is 24.3 Å².